The van der Waals surface area contributed by atoms with E-state index in [0.29, 0.717) is 6.54 Å². The molecule has 1 aliphatic carbocycles. The lowest BCUT2D eigenvalue weighted by molar-refractivity contribution is 0.168. The van der Waals surface area contributed by atoms with Crippen LogP contribution >= 0.6 is 0 Å². The van der Waals surface area contributed by atoms with Gasteiger partial charge in [0.05, 0.1) is 20.3 Å². The first-order valence-corrected chi connectivity index (χ1v) is 8.85. The third-order valence-electron chi connectivity index (χ3n) is 4.98. The van der Waals surface area contributed by atoms with Crippen molar-refractivity contribution in [2.45, 2.75) is 38.3 Å². The number of rotatable bonds is 6. The van der Waals surface area contributed by atoms with Crippen LogP contribution in [0.3, 0.4) is 0 Å². The van der Waals surface area contributed by atoms with Crippen molar-refractivity contribution >= 4 is 0 Å². The van der Waals surface area contributed by atoms with Crippen molar-refractivity contribution in [2.75, 3.05) is 20.8 Å². The summed E-state index contributed by atoms with van der Waals surface area (Å²) >= 11 is 0. The number of nitrogens with one attached hydrogen (secondary N) is 1. The van der Waals surface area contributed by atoms with E-state index in [4.69, 9.17) is 9.47 Å². The predicted octanol–water partition coefficient (Wildman–Crippen LogP) is 3.71. The van der Waals surface area contributed by atoms with Gasteiger partial charge in [0.25, 0.3) is 0 Å². The molecule has 2 N–H and O–H groups in total. The highest BCUT2D eigenvalue weighted by Gasteiger charge is 2.23. The molecule has 2 aromatic rings. The molecule has 0 aromatic heterocycles. The fraction of sp³-hybridized carbons (Fsp3) is 0.429. The number of aliphatic hydroxyl groups is 1. The summed E-state index contributed by atoms with van der Waals surface area (Å²) < 4.78 is 10.9. The molecule has 25 heavy (non-hydrogen) atoms. The quantitative estimate of drug-likeness (QED) is 0.841. The molecule has 2 unspecified atom stereocenters. The van der Waals surface area contributed by atoms with Crippen LogP contribution in [-0.4, -0.2) is 25.9 Å². The van der Waals surface area contributed by atoms with Gasteiger partial charge < -0.3 is 19.9 Å². The highest BCUT2D eigenvalue weighted by Crippen LogP contribution is 2.38. The maximum atomic E-state index is 10.5. The molecule has 2 atom stereocenters. The van der Waals surface area contributed by atoms with E-state index in [9.17, 15) is 5.11 Å². The van der Waals surface area contributed by atoms with Crippen LogP contribution in [0.5, 0.6) is 11.5 Å². The third kappa shape index (κ3) is 3.97. The van der Waals surface area contributed by atoms with Gasteiger partial charge in [-0.1, -0.05) is 29.8 Å². The van der Waals surface area contributed by atoms with Crippen LogP contribution in [0, 0.1) is 6.92 Å². The highest BCUT2D eigenvalue weighted by atomic mass is 16.5. The van der Waals surface area contributed by atoms with Crippen LogP contribution in [0.1, 0.15) is 47.2 Å². The van der Waals surface area contributed by atoms with Crippen molar-refractivity contribution in [3.8, 4) is 11.5 Å². The Morgan fingerprint density at radius 3 is 2.48 bits per heavy atom. The normalized spacial score (nSPS) is 17.7. The fourth-order valence-corrected chi connectivity index (χ4v) is 3.50. The summed E-state index contributed by atoms with van der Waals surface area (Å²) in [5.74, 6) is 1.54. The molecule has 3 rings (SSSR count). The van der Waals surface area contributed by atoms with E-state index in [1.165, 1.54) is 16.7 Å². The summed E-state index contributed by atoms with van der Waals surface area (Å²) in [6.45, 7) is 2.58. The Morgan fingerprint density at radius 2 is 1.80 bits per heavy atom. The van der Waals surface area contributed by atoms with E-state index >= 15 is 0 Å². The second-order valence-electron chi connectivity index (χ2n) is 6.69. The third-order valence-corrected chi connectivity index (χ3v) is 4.98. The first-order chi connectivity index (χ1) is 12.1. The predicted molar refractivity (Wildman–Crippen MR) is 99.4 cm³/mol. The van der Waals surface area contributed by atoms with Crippen LogP contribution in [0.15, 0.2) is 36.4 Å². The average Bonchev–Trinajstić information content (AvgIpc) is 2.65. The lowest BCUT2D eigenvalue weighted by atomic mass is 9.87. The molecule has 0 amide bonds. The smallest absolute Gasteiger partial charge is 0.161 e. The zero-order valence-electron chi connectivity index (χ0n) is 15.2. The van der Waals surface area contributed by atoms with Crippen molar-refractivity contribution in [2.24, 2.45) is 0 Å². The Bertz CT molecular complexity index is 712. The van der Waals surface area contributed by atoms with Crippen molar-refractivity contribution in [1.82, 2.24) is 5.32 Å². The lowest BCUT2D eigenvalue weighted by Gasteiger charge is -2.28. The Labute approximate surface area is 149 Å². The Kier molecular flexibility index (Phi) is 5.61. The molecular weight excluding hydrogens is 314 g/mol. The van der Waals surface area contributed by atoms with E-state index < -0.39 is 6.10 Å². The van der Waals surface area contributed by atoms with Gasteiger partial charge in [-0.25, -0.2) is 0 Å². The van der Waals surface area contributed by atoms with Crippen molar-refractivity contribution in [1.29, 1.82) is 0 Å². The molecule has 0 saturated heterocycles. The summed E-state index contributed by atoms with van der Waals surface area (Å²) in [6, 6.07) is 12.4. The molecule has 2 aromatic carbocycles. The summed E-state index contributed by atoms with van der Waals surface area (Å²) in [5, 5.41) is 14.0. The van der Waals surface area contributed by atoms with E-state index in [1.807, 2.05) is 24.3 Å². The summed E-state index contributed by atoms with van der Waals surface area (Å²) in [4.78, 5) is 0. The van der Waals surface area contributed by atoms with E-state index in [0.717, 1.165) is 36.3 Å². The standard InChI is InChI=1S/C21H27NO3/c1-14-7-9-15(10-8-14)19(23)13-22-18-6-4-5-16-11-20(24-2)21(25-3)12-17(16)18/h7-12,18-19,22-23H,4-6,13H2,1-3H3. The van der Waals surface area contributed by atoms with Gasteiger partial charge in [0, 0.05) is 12.6 Å². The minimum Gasteiger partial charge on any atom is -0.493 e. The number of benzene rings is 2. The SMILES string of the molecule is COc1cc2c(cc1OC)C(NCC(O)c1ccc(C)cc1)CCC2. The lowest BCUT2D eigenvalue weighted by Crippen LogP contribution is -2.29. The first kappa shape index (κ1) is 17.8. The highest BCUT2D eigenvalue weighted by molar-refractivity contribution is 5.49. The minimum absolute atomic E-state index is 0.226. The summed E-state index contributed by atoms with van der Waals surface area (Å²) in [5.41, 5.74) is 4.69. The zero-order chi connectivity index (χ0) is 17.8. The Balaban J connectivity index is 1.73. The Hall–Kier alpha value is -2.04. The van der Waals surface area contributed by atoms with E-state index in [2.05, 4.69) is 24.4 Å². The molecule has 0 aliphatic heterocycles. The number of ether oxygens (including phenoxy) is 2. The summed E-state index contributed by atoms with van der Waals surface area (Å²) in [6.07, 6.45) is 2.73. The van der Waals surface area contributed by atoms with E-state index in [1.54, 1.807) is 14.2 Å². The molecule has 4 nitrogen and oxygen atoms in total. The molecule has 4 heteroatoms. The molecule has 0 radical (unpaired) electrons. The topological polar surface area (TPSA) is 50.7 Å². The number of hydrogen-bond donors (Lipinski definition) is 2. The molecule has 0 bridgehead atoms. The summed E-state index contributed by atoms with van der Waals surface area (Å²) in [7, 11) is 3.33. The van der Waals surface area contributed by atoms with Gasteiger partial charge in [-0.2, -0.15) is 0 Å². The minimum atomic E-state index is -0.508. The van der Waals surface area contributed by atoms with Crippen LogP contribution in [0.25, 0.3) is 0 Å². The molecule has 0 fully saturated rings. The van der Waals surface area contributed by atoms with Gasteiger partial charge in [0.15, 0.2) is 11.5 Å². The molecule has 0 spiro atoms. The van der Waals surface area contributed by atoms with Crippen LogP contribution in [0.2, 0.25) is 0 Å². The van der Waals surface area contributed by atoms with Crippen LogP contribution in [0.4, 0.5) is 0 Å². The number of hydrogen-bond acceptors (Lipinski definition) is 4. The Morgan fingerprint density at radius 1 is 1.12 bits per heavy atom. The number of aryl methyl sites for hydroxylation is 2. The first-order valence-electron chi connectivity index (χ1n) is 8.85. The monoisotopic (exact) mass is 341 g/mol. The molecule has 134 valence electrons. The zero-order valence-corrected chi connectivity index (χ0v) is 15.2. The largest absolute Gasteiger partial charge is 0.493 e. The van der Waals surface area contributed by atoms with Crippen molar-refractivity contribution < 1.29 is 14.6 Å². The van der Waals surface area contributed by atoms with Gasteiger partial charge in [-0.05, 0) is 55.0 Å². The number of aliphatic hydroxyl groups excluding tert-OH is 1. The second-order valence-corrected chi connectivity index (χ2v) is 6.69. The molecule has 0 saturated carbocycles. The van der Waals surface area contributed by atoms with Gasteiger partial charge >= 0.3 is 0 Å². The van der Waals surface area contributed by atoms with Gasteiger partial charge in [-0.15, -0.1) is 0 Å². The number of fused-ring (bicyclic) bond motifs is 1. The molecule has 1 aliphatic rings. The maximum Gasteiger partial charge on any atom is 0.161 e. The maximum absolute atomic E-state index is 10.5. The van der Waals surface area contributed by atoms with Gasteiger partial charge in [0.2, 0.25) is 0 Å². The van der Waals surface area contributed by atoms with Crippen LogP contribution in [-0.2, 0) is 6.42 Å². The molecular formula is C21H27NO3. The molecule has 0 heterocycles. The average molecular weight is 341 g/mol. The van der Waals surface area contributed by atoms with Gasteiger partial charge in [-0.3, -0.25) is 0 Å². The number of methoxy groups -OCH3 is 2. The van der Waals surface area contributed by atoms with Gasteiger partial charge in [0.1, 0.15) is 0 Å². The van der Waals surface area contributed by atoms with Crippen LogP contribution < -0.4 is 14.8 Å². The van der Waals surface area contributed by atoms with Crippen molar-refractivity contribution in [3.63, 3.8) is 0 Å². The fourth-order valence-electron chi connectivity index (χ4n) is 3.50. The van der Waals surface area contributed by atoms with Crippen molar-refractivity contribution in [3.05, 3.63) is 58.7 Å². The van der Waals surface area contributed by atoms with E-state index in [-0.39, 0.29) is 6.04 Å². The second kappa shape index (κ2) is 7.89.